The maximum atomic E-state index is 13.1. The molecule has 1 aliphatic rings. The Morgan fingerprint density at radius 1 is 1.09 bits per heavy atom. The lowest BCUT2D eigenvalue weighted by Gasteiger charge is -2.25. The highest BCUT2D eigenvalue weighted by Gasteiger charge is 2.40. The first-order chi connectivity index (χ1) is 16.4. The summed E-state index contributed by atoms with van der Waals surface area (Å²) in [7, 11) is -7.60. The molecule has 0 aliphatic carbocycles. The molecule has 2 aromatic carbocycles. The molecule has 1 saturated heterocycles. The van der Waals surface area contributed by atoms with E-state index in [1.165, 1.54) is 36.4 Å². The second kappa shape index (κ2) is 10.9. The number of aliphatic carboxylic acids is 1. The molecule has 1 aliphatic heterocycles. The Hall–Kier alpha value is -2.67. The normalized spacial score (nSPS) is 17.6. The second-order valence-corrected chi connectivity index (χ2v) is 12.4. The Kier molecular flexibility index (Phi) is 8.42. The van der Waals surface area contributed by atoms with E-state index in [4.69, 9.17) is 11.6 Å². The number of sulfonamides is 2. The Labute approximate surface area is 209 Å². The van der Waals surface area contributed by atoms with Crippen LogP contribution in [0.2, 0.25) is 0 Å². The number of amides is 1. The van der Waals surface area contributed by atoms with Crippen molar-refractivity contribution in [1.29, 1.82) is 0 Å². The van der Waals surface area contributed by atoms with Gasteiger partial charge in [0.2, 0.25) is 26.0 Å². The van der Waals surface area contributed by atoms with Crippen LogP contribution in [0.4, 0.5) is 5.69 Å². The van der Waals surface area contributed by atoms with Gasteiger partial charge in [-0.15, -0.1) is 11.6 Å². The topological polar surface area (TPSA) is 150 Å². The number of anilines is 1. The molecule has 2 aromatic rings. The van der Waals surface area contributed by atoms with Crippen LogP contribution in [0.3, 0.4) is 0 Å². The van der Waals surface area contributed by atoms with Crippen molar-refractivity contribution in [2.24, 2.45) is 0 Å². The highest BCUT2D eigenvalue weighted by molar-refractivity contribution is 7.93. The van der Waals surface area contributed by atoms with Gasteiger partial charge < -0.3 is 10.4 Å². The lowest BCUT2D eigenvalue weighted by molar-refractivity contribution is -0.142. The number of aryl methyl sites for hydroxylation is 1. The largest absolute Gasteiger partial charge is 0.480 e. The first-order valence-corrected chi connectivity index (χ1v) is 14.3. The van der Waals surface area contributed by atoms with E-state index in [2.05, 4.69) is 10.0 Å². The second-order valence-electron chi connectivity index (χ2n) is 8.21. The van der Waals surface area contributed by atoms with Gasteiger partial charge >= 0.3 is 5.97 Å². The molecule has 0 aromatic heterocycles. The fraction of sp³-hybridized carbons (Fsp3) is 0.364. The van der Waals surface area contributed by atoms with Crippen LogP contribution in [-0.2, 0) is 36.1 Å². The number of benzene rings is 2. The molecule has 0 unspecified atom stereocenters. The van der Waals surface area contributed by atoms with Gasteiger partial charge in [-0.3, -0.25) is 9.52 Å². The van der Waals surface area contributed by atoms with Crippen LogP contribution < -0.4 is 10.0 Å². The van der Waals surface area contributed by atoms with Gasteiger partial charge in [-0.2, -0.15) is 4.31 Å². The zero-order valence-corrected chi connectivity index (χ0v) is 21.2. The van der Waals surface area contributed by atoms with Crippen LogP contribution in [0.1, 0.15) is 24.0 Å². The van der Waals surface area contributed by atoms with E-state index >= 15 is 0 Å². The summed E-state index contributed by atoms with van der Waals surface area (Å²) in [4.78, 5) is 24.9. The number of nitrogens with one attached hydrogen (secondary N) is 2. The van der Waals surface area contributed by atoms with Crippen LogP contribution in [0, 0.1) is 6.92 Å². The minimum atomic E-state index is -3.93. The summed E-state index contributed by atoms with van der Waals surface area (Å²) in [6.07, 6.45) is 0.667. The van der Waals surface area contributed by atoms with Crippen molar-refractivity contribution in [1.82, 2.24) is 9.62 Å². The third kappa shape index (κ3) is 6.72. The third-order valence-electron chi connectivity index (χ3n) is 5.56. The summed E-state index contributed by atoms with van der Waals surface area (Å²) >= 11 is 5.36. The summed E-state index contributed by atoms with van der Waals surface area (Å²) in [6, 6.07) is 9.93. The van der Waals surface area contributed by atoms with Crippen LogP contribution in [-0.4, -0.2) is 62.0 Å². The first-order valence-electron chi connectivity index (χ1n) is 10.7. The maximum absolute atomic E-state index is 13.1. The molecule has 13 heteroatoms. The summed E-state index contributed by atoms with van der Waals surface area (Å²) < 4.78 is 52.7. The molecule has 2 atom stereocenters. The van der Waals surface area contributed by atoms with Crippen LogP contribution in [0.25, 0.3) is 0 Å². The van der Waals surface area contributed by atoms with Crippen LogP contribution in [0.5, 0.6) is 0 Å². The van der Waals surface area contributed by atoms with Crippen molar-refractivity contribution in [2.45, 2.75) is 43.2 Å². The van der Waals surface area contributed by atoms with Gasteiger partial charge in [0.25, 0.3) is 0 Å². The zero-order valence-electron chi connectivity index (χ0n) is 18.8. The molecular weight excluding hydrogens is 518 g/mol. The quantitative estimate of drug-likeness (QED) is 0.387. The molecule has 35 heavy (non-hydrogen) atoms. The summed E-state index contributed by atoms with van der Waals surface area (Å²) in [6.45, 7) is 1.99. The van der Waals surface area contributed by atoms with Crippen molar-refractivity contribution in [3.05, 3.63) is 59.7 Å². The van der Waals surface area contributed by atoms with E-state index in [9.17, 15) is 31.5 Å². The van der Waals surface area contributed by atoms with Gasteiger partial charge in [0, 0.05) is 18.7 Å². The monoisotopic (exact) mass is 543 g/mol. The number of carbonyl (C=O) groups is 2. The fourth-order valence-corrected chi connectivity index (χ4v) is 6.12. The minimum absolute atomic E-state index is 0.0717. The zero-order chi connectivity index (χ0) is 25.8. The highest BCUT2D eigenvalue weighted by Crippen LogP contribution is 2.26. The molecule has 1 fully saturated rings. The van der Waals surface area contributed by atoms with Crippen LogP contribution >= 0.6 is 11.6 Å². The minimum Gasteiger partial charge on any atom is -0.480 e. The number of alkyl halides is 1. The number of hydrogen-bond acceptors (Lipinski definition) is 6. The molecule has 3 N–H and O–H groups in total. The summed E-state index contributed by atoms with van der Waals surface area (Å²) in [5, 5.41) is 11.5. The number of nitrogens with zero attached hydrogens (tertiary/aromatic N) is 1. The average Bonchev–Trinajstić information content (AvgIpc) is 3.31. The smallest absolute Gasteiger partial charge is 0.326 e. The van der Waals surface area contributed by atoms with Crippen molar-refractivity contribution in [2.75, 3.05) is 16.5 Å². The molecule has 1 heterocycles. The maximum Gasteiger partial charge on any atom is 0.326 e. The van der Waals surface area contributed by atoms with Gasteiger partial charge in [0.05, 0.1) is 4.90 Å². The lowest BCUT2D eigenvalue weighted by atomic mass is 10.0. The van der Waals surface area contributed by atoms with Gasteiger partial charge in [0.1, 0.15) is 17.3 Å². The van der Waals surface area contributed by atoms with Crippen molar-refractivity contribution in [3.8, 4) is 0 Å². The molecule has 0 saturated carbocycles. The SMILES string of the molecule is Cc1ccc(S(=O)(=O)N2CCC[C@H]2C(=O)N[C@@H](Cc2ccc(NS(=O)(=O)CCl)cc2)C(=O)O)cc1. The Balaban J connectivity index is 1.71. The van der Waals surface area contributed by atoms with E-state index in [1.54, 1.807) is 12.1 Å². The van der Waals surface area contributed by atoms with Crippen molar-refractivity contribution in [3.63, 3.8) is 0 Å². The van der Waals surface area contributed by atoms with Crippen molar-refractivity contribution < 1.29 is 31.5 Å². The summed E-state index contributed by atoms with van der Waals surface area (Å²) in [5.74, 6) is -1.96. The Morgan fingerprint density at radius 3 is 2.29 bits per heavy atom. The van der Waals surface area contributed by atoms with Gasteiger partial charge in [-0.25, -0.2) is 21.6 Å². The number of hydrogen-bond donors (Lipinski definition) is 3. The van der Waals surface area contributed by atoms with E-state index in [-0.39, 0.29) is 30.0 Å². The molecule has 0 spiro atoms. The number of carbonyl (C=O) groups excluding carboxylic acids is 1. The molecule has 3 rings (SSSR count). The lowest BCUT2D eigenvalue weighted by Crippen LogP contribution is -2.51. The Bertz CT molecular complexity index is 1280. The number of halogens is 1. The first kappa shape index (κ1) is 26.9. The standard InChI is InChI=1S/C22H26ClN3O7S2/c1-15-4-10-18(11-5-15)35(32,33)26-12-2-3-20(26)21(27)24-19(22(28)29)13-16-6-8-17(9-7-16)25-34(30,31)14-23/h4-11,19-20,25H,2-3,12-14H2,1H3,(H,24,27)(H,28,29)/t19-,20-/m0/s1. The predicted octanol–water partition coefficient (Wildman–Crippen LogP) is 1.90. The number of rotatable bonds is 10. The van der Waals surface area contributed by atoms with Gasteiger partial charge in [-0.05, 0) is 49.6 Å². The van der Waals surface area contributed by atoms with E-state index in [1.807, 2.05) is 6.92 Å². The molecule has 10 nitrogen and oxygen atoms in total. The molecular formula is C22H26ClN3O7S2. The predicted molar refractivity (Wildman–Crippen MR) is 131 cm³/mol. The average molecular weight is 544 g/mol. The molecule has 0 radical (unpaired) electrons. The van der Waals surface area contributed by atoms with Crippen LogP contribution in [0.15, 0.2) is 53.4 Å². The fourth-order valence-electron chi connectivity index (χ4n) is 3.75. The highest BCUT2D eigenvalue weighted by atomic mass is 35.5. The molecule has 1 amide bonds. The third-order valence-corrected chi connectivity index (χ3v) is 9.18. The Morgan fingerprint density at radius 2 is 1.71 bits per heavy atom. The molecule has 190 valence electrons. The van der Waals surface area contributed by atoms with Crippen molar-refractivity contribution >= 4 is 49.2 Å². The van der Waals surface area contributed by atoms with Gasteiger partial charge in [-0.1, -0.05) is 29.8 Å². The summed E-state index contributed by atoms with van der Waals surface area (Å²) in [5.41, 5.74) is 1.68. The number of carboxylic acid groups (broad SMARTS) is 1. The van der Waals surface area contributed by atoms with E-state index in [0.29, 0.717) is 12.0 Å². The molecule has 0 bridgehead atoms. The van der Waals surface area contributed by atoms with Gasteiger partial charge in [0.15, 0.2) is 0 Å². The van der Waals surface area contributed by atoms with E-state index < -0.39 is 49.2 Å². The number of carboxylic acids is 1. The van der Waals surface area contributed by atoms with E-state index in [0.717, 1.165) is 9.87 Å².